The number of aliphatic hydroxyl groups excluding tert-OH is 1. The van der Waals surface area contributed by atoms with Gasteiger partial charge >= 0.3 is 0 Å². The highest BCUT2D eigenvalue weighted by Crippen LogP contribution is 2.42. The van der Waals surface area contributed by atoms with Crippen molar-refractivity contribution in [3.63, 3.8) is 0 Å². The molecule has 1 saturated heterocycles. The second-order valence-corrected chi connectivity index (χ2v) is 7.61. The maximum Gasteiger partial charge on any atom is 0.300 e. The molecule has 0 radical (unpaired) electrons. The van der Waals surface area contributed by atoms with E-state index in [4.69, 9.17) is 4.74 Å². The summed E-state index contributed by atoms with van der Waals surface area (Å²) in [5, 5.41) is 11.2. The number of aliphatic hydroxyl groups is 1. The van der Waals surface area contributed by atoms with Crippen LogP contribution < -0.4 is 9.64 Å². The molecule has 162 valence electrons. The number of rotatable bonds is 6. The summed E-state index contributed by atoms with van der Waals surface area (Å²) in [5.41, 5.74) is 2.65. The number of carbonyl (C=O) groups is 2. The Balaban J connectivity index is 1.85. The summed E-state index contributed by atoms with van der Waals surface area (Å²) in [6.07, 6.45) is 4.09. The molecule has 1 aromatic heterocycles. The maximum absolute atomic E-state index is 13.2. The number of anilines is 1. The smallest absolute Gasteiger partial charge is 0.300 e. The molecule has 6 heteroatoms. The van der Waals surface area contributed by atoms with E-state index in [0.717, 1.165) is 12.0 Å². The summed E-state index contributed by atoms with van der Waals surface area (Å²) < 4.78 is 5.60. The van der Waals surface area contributed by atoms with Crippen molar-refractivity contribution in [2.75, 3.05) is 11.5 Å². The molecule has 1 amide bonds. The quantitative estimate of drug-likeness (QED) is 0.346. The zero-order valence-electron chi connectivity index (χ0n) is 18.0. The van der Waals surface area contributed by atoms with Crippen molar-refractivity contribution in [2.24, 2.45) is 0 Å². The Labute approximate surface area is 186 Å². The first kappa shape index (κ1) is 21.3. The first-order chi connectivity index (χ1) is 15.5. The molecule has 0 bridgehead atoms. The number of ether oxygens (including phenoxy) is 1. The van der Waals surface area contributed by atoms with Crippen LogP contribution in [0.4, 0.5) is 5.69 Å². The predicted molar refractivity (Wildman–Crippen MR) is 122 cm³/mol. The van der Waals surface area contributed by atoms with Gasteiger partial charge in [0.1, 0.15) is 11.5 Å². The minimum atomic E-state index is -0.768. The highest BCUT2D eigenvalue weighted by Gasteiger charge is 2.47. The highest BCUT2D eigenvalue weighted by molar-refractivity contribution is 6.51. The van der Waals surface area contributed by atoms with Gasteiger partial charge in [0.05, 0.1) is 18.2 Å². The number of pyridine rings is 1. The summed E-state index contributed by atoms with van der Waals surface area (Å²) in [6.45, 7) is 4.50. The number of nitrogens with zero attached hydrogens (tertiary/aromatic N) is 2. The summed E-state index contributed by atoms with van der Waals surface area (Å²) in [4.78, 5) is 31.8. The lowest BCUT2D eigenvalue weighted by Gasteiger charge is -2.26. The Morgan fingerprint density at radius 1 is 1.03 bits per heavy atom. The van der Waals surface area contributed by atoms with Gasteiger partial charge in [-0.2, -0.15) is 0 Å². The van der Waals surface area contributed by atoms with Crippen molar-refractivity contribution in [1.29, 1.82) is 0 Å². The Morgan fingerprint density at radius 3 is 2.38 bits per heavy atom. The van der Waals surface area contributed by atoms with Crippen molar-refractivity contribution in [2.45, 2.75) is 26.3 Å². The molecule has 1 N–H and O–H groups in total. The van der Waals surface area contributed by atoms with Crippen molar-refractivity contribution in [1.82, 2.24) is 4.98 Å². The summed E-state index contributed by atoms with van der Waals surface area (Å²) in [7, 11) is 0. The van der Waals surface area contributed by atoms with Gasteiger partial charge in [-0.25, -0.2) is 0 Å². The SMILES string of the molecule is CCCOc1ccc(/C(O)=C2\C(=O)C(=O)N(c3ccccc3C)C2c2ccncc2)cc1. The van der Waals surface area contributed by atoms with Gasteiger partial charge in [-0.1, -0.05) is 25.1 Å². The fraction of sp³-hybridized carbons (Fsp3) is 0.192. The topological polar surface area (TPSA) is 79.7 Å². The van der Waals surface area contributed by atoms with Gasteiger partial charge in [-0.15, -0.1) is 0 Å². The number of benzene rings is 2. The molecule has 1 unspecified atom stereocenters. The molecule has 0 spiro atoms. The molecule has 0 aliphatic carbocycles. The summed E-state index contributed by atoms with van der Waals surface area (Å²) in [5.74, 6) is -0.942. The summed E-state index contributed by atoms with van der Waals surface area (Å²) in [6, 6.07) is 17.0. The van der Waals surface area contributed by atoms with Crippen LogP contribution in [-0.2, 0) is 9.59 Å². The van der Waals surface area contributed by atoms with E-state index in [-0.39, 0.29) is 11.3 Å². The molecule has 1 aliphatic rings. The number of aryl methyl sites for hydroxylation is 1. The molecular weight excluding hydrogens is 404 g/mol. The van der Waals surface area contributed by atoms with Crippen LogP contribution in [0.2, 0.25) is 0 Å². The average Bonchev–Trinajstić information content (AvgIpc) is 3.09. The van der Waals surface area contributed by atoms with Crippen molar-refractivity contribution >= 4 is 23.1 Å². The molecule has 0 saturated carbocycles. The fourth-order valence-corrected chi connectivity index (χ4v) is 3.86. The third kappa shape index (κ3) is 3.87. The normalized spacial score (nSPS) is 17.6. The van der Waals surface area contributed by atoms with Gasteiger partial charge in [-0.3, -0.25) is 19.5 Å². The first-order valence-electron chi connectivity index (χ1n) is 10.5. The molecule has 2 heterocycles. The largest absolute Gasteiger partial charge is 0.507 e. The van der Waals surface area contributed by atoms with Gasteiger partial charge in [0, 0.05) is 23.6 Å². The van der Waals surface area contributed by atoms with E-state index in [1.807, 2.05) is 32.0 Å². The zero-order valence-corrected chi connectivity index (χ0v) is 18.0. The molecular formula is C26H24N2O4. The van der Waals surface area contributed by atoms with Gasteiger partial charge in [0.25, 0.3) is 11.7 Å². The van der Waals surface area contributed by atoms with Crippen LogP contribution in [-0.4, -0.2) is 28.4 Å². The Kier molecular flexibility index (Phi) is 6.03. The predicted octanol–water partition coefficient (Wildman–Crippen LogP) is 4.81. The molecule has 1 aliphatic heterocycles. The number of Topliss-reactive ketones (excluding diaryl/α,β-unsaturated/α-hetero) is 1. The van der Waals surface area contributed by atoms with E-state index >= 15 is 0 Å². The van der Waals surface area contributed by atoms with Crippen LogP contribution in [0.5, 0.6) is 5.75 Å². The van der Waals surface area contributed by atoms with Crippen molar-refractivity contribution < 1.29 is 19.4 Å². The lowest BCUT2D eigenvalue weighted by atomic mass is 9.95. The minimum Gasteiger partial charge on any atom is -0.507 e. The number of hydrogen-bond acceptors (Lipinski definition) is 5. The van der Waals surface area contributed by atoms with E-state index < -0.39 is 17.7 Å². The average molecular weight is 428 g/mol. The number of hydrogen-bond donors (Lipinski definition) is 1. The zero-order chi connectivity index (χ0) is 22.7. The van der Waals surface area contributed by atoms with E-state index in [0.29, 0.717) is 29.2 Å². The van der Waals surface area contributed by atoms with Crippen LogP contribution in [0.3, 0.4) is 0 Å². The van der Waals surface area contributed by atoms with Crippen LogP contribution in [0, 0.1) is 6.92 Å². The van der Waals surface area contributed by atoms with Crippen molar-refractivity contribution in [3.05, 3.63) is 95.3 Å². The first-order valence-corrected chi connectivity index (χ1v) is 10.5. The number of carbonyl (C=O) groups excluding carboxylic acids is 2. The number of amides is 1. The fourth-order valence-electron chi connectivity index (χ4n) is 3.86. The molecule has 3 aromatic rings. The highest BCUT2D eigenvalue weighted by atomic mass is 16.5. The lowest BCUT2D eigenvalue weighted by Crippen LogP contribution is -2.30. The standard InChI is InChI=1S/C26H24N2O4/c1-3-16-32-20-10-8-19(9-11-20)24(29)22-23(18-12-14-27-15-13-18)28(26(31)25(22)30)21-7-5-4-6-17(21)2/h4-15,23,29H,3,16H2,1-2H3/b24-22+. The number of aromatic nitrogens is 1. The van der Waals surface area contributed by atoms with Crippen LogP contribution in [0.1, 0.15) is 36.1 Å². The van der Waals surface area contributed by atoms with Crippen LogP contribution in [0.15, 0.2) is 78.6 Å². The van der Waals surface area contributed by atoms with Crippen molar-refractivity contribution in [3.8, 4) is 5.75 Å². The van der Waals surface area contributed by atoms with E-state index in [1.165, 1.54) is 4.90 Å². The molecule has 4 rings (SSSR count). The van der Waals surface area contributed by atoms with Gasteiger partial charge < -0.3 is 9.84 Å². The third-order valence-corrected chi connectivity index (χ3v) is 5.44. The molecule has 1 fully saturated rings. The summed E-state index contributed by atoms with van der Waals surface area (Å²) >= 11 is 0. The Hall–Kier alpha value is -3.93. The van der Waals surface area contributed by atoms with Crippen LogP contribution >= 0.6 is 0 Å². The third-order valence-electron chi connectivity index (χ3n) is 5.44. The molecule has 32 heavy (non-hydrogen) atoms. The van der Waals surface area contributed by atoms with Gasteiger partial charge in [-0.05, 0) is 66.9 Å². The second kappa shape index (κ2) is 9.06. The number of para-hydroxylation sites is 1. The van der Waals surface area contributed by atoms with E-state index in [9.17, 15) is 14.7 Å². The molecule has 2 aromatic carbocycles. The lowest BCUT2D eigenvalue weighted by molar-refractivity contribution is -0.132. The maximum atomic E-state index is 13.2. The second-order valence-electron chi connectivity index (χ2n) is 7.61. The minimum absolute atomic E-state index is 0.0479. The molecule has 1 atom stereocenters. The Morgan fingerprint density at radius 2 is 1.72 bits per heavy atom. The van der Waals surface area contributed by atoms with Gasteiger partial charge in [0.15, 0.2) is 0 Å². The Bertz CT molecular complexity index is 1170. The van der Waals surface area contributed by atoms with E-state index in [1.54, 1.807) is 54.9 Å². The number of ketones is 1. The van der Waals surface area contributed by atoms with Gasteiger partial charge in [0.2, 0.25) is 0 Å². The van der Waals surface area contributed by atoms with E-state index in [2.05, 4.69) is 4.98 Å². The molecule has 6 nitrogen and oxygen atoms in total. The van der Waals surface area contributed by atoms with Crippen LogP contribution in [0.25, 0.3) is 5.76 Å². The monoisotopic (exact) mass is 428 g/mol.